The van der Waals surface area contributed by atoms with Crippen molar-refractivity contribution in [1.29, 1.82) is 0 Å². The zero-order valence-electron chi connectivity index (χ0n) is 16.1. The van der Waals surface area contributed by atoms with Crippen molar-refractivity contribution in [3.8, 4) is 16.9 Å². The van der Waals surface area contributed by atoms with Crippen LogP contribution < -0.4 is 5.32 Å². The Morgan fingerprint density at radius 2 is 1.64 bits per heavy atom. The van der Waals surface area contributed by atoms with Crippen LogP contribution in [0.15, 0.2) is 46.9 Å². The number of hydrogen-bond donors (Lipinski definition) is 1. The van der Waals surface area contributed by atoms with Crippen molar-refractivity contribution < 1.29 is 0 Å². The first kappa shape index (κ1) is 21.4. The van der Waals surface area contributed by atoms with Gasteiger partial charge in [-0.25, -0.2) is 4.68 Å². The first-order valence-electron chi connectivity index (χ1n) is 9.45. The lowest BCUT2D eigenvalue weighted by molar-refractivity contribution is 0.520. The van der Waals surface area contributed by atoms with E-state index in [1.165, 1.54) is 32.4 Å². The molecule has 1 aliphatic heterocycles. The summed E-state index contributed by atoms with van der Waals surface area (Å²) >= 11 is 15.8. The maximum Gasteiger partial charge on any atom is 0.0840 e. The van der Waals surface area contributed by atoms with Gasteiger partial charge in [0.15, 0.2) is 0 Å². The molecule has 1 aliphatic rings. The summed E-state index contributed by atoms with van der Waals surface area (Å²) in [7, 11) is 0. The van der Waals surface area contributed by atoms with E-state index in [4.69, 9.17) is 23.2 Å². The third-order valence-electron chi connectivity index (χ3n) is 4.82. The van der Waals surface area contributed by atoms with Crippen molar-refractivity contribution in [1.82, 2.24) is 15.1 Å². The van der Waals surface area contributed by atoms with Crippen molar-refractivity contribution >= 4 is 39.1 Å². The number of aryl methyl sites for hydroxylation is 1. The summed E-state index contributed by atoms with van der Waals surface area (Å²) in [6.07, 6.45) is 4.22. The Morgan fingerprint density at radius 3 is 2.18 bits per heavy atom. The van der Waals surface area contributed by atoms with Gasteiger partial charge in [-0.3, -0.25) is 0 Å². The summed E-state index contributed by atoms with van der Waals surface area (Å²) in [6, 6.07) is 13.6. The van der Waals surface area contributed by atoms with Crippen LogP contribution in [-0.4, -0.2) is 22.9 Å². The highest BCUT2D eigenvalue weighted by molar-refractivity contribution is 9.10. The molecule has 1 aromatic heterocycles. The number of rotatable bonds is 2. The Labute approximate surface area is 185 Å². The molecule has 0 spiro atoms. The van der Waals surface area contributed by atoms with Crippen molar-refractivity contribution in [2.24, 2.45) is 0 Å². The third kappa shape index (κ3) is 5.18. The molecule has 6 heteroatoms. The van der Waals surface area contributed by atoms with Crippen molar-refractivity contribution in [3.63, 3.8) is 0 Å². The minimum absolute atomic E-state index is 0.577. The fourth-order valence-electron chi connectivity index (χ4n) is 3.18. The standard InChI is InChI=1S/C17H13BrCl2N2.C5H11N/c1-10-11(2)21-22(16-8-7-14(19)9-15(16)20)17(10)12-3-5-13(18)6-4-12;1-2-4-6-5-3-1/h3-9H,1-2H3;6H,1-5H2. The first-order chi connectivity index (χ1) is 13.5. The predicted octanol–water partition coefficient (Wildman–Crippen LogP) is 6.99. The Kier molecular flexibility index (Phi) is 7.58. The van der Waals surface area contributed by atoms with Crippen LogP contribution in [0.3, 0.4) is 0 Å². The van der Waals surface area contributed by atoms with Crippen LogP contribution in [0.1, 0.15) is 30.5 Å². The molecular weight excluding hydrogens is 457 g/mol. The number of piperidine rings is 1. The molecule has 4 rings (SSSR count). The molecule has 2 heterocycles. The lowest BCUT2D eigenvalue weighted by Gasteiger charge is -2.11. The van der Waals surface area contributed by atoms with Crippen LogP contribution in [0, 0.1) is 13.8 Å². The Balaban J connectivity index is 0.000000320. The van der Waals surface area contributed by atoms with Crippen LogP contribution >= 0.6 is 39.1 Å². The minimum atomic E-state index is 0.577. The molecule has 0 atom stereocenters. The summed E-state index contributed by atoms with van der Waals surface area (Å²) in [6.45, 7) is 6.57. The van der Waals surface area contributed by atoms with Gasteiger partial charge in [-0.1, -0.05) is 57.7 Å². The van der Waals surface area contributed by atoms with Gasteiger partial charge >= 0.3 is 0 Å². The van der Waals surface area contributed by atoms with Crippen LogP contribution in [0.5, 0.6) is 0 Å². The average molecular weight is 481 g/mol. The van der Waals surface area contributed by atoms with Crippen molar-refractivity contribution in [2.45, 2.75) is 33.1 Å². The molecule has 3 aromatic rings. The largest absolute Gasteiger partial charge is 0.317 e. The van der Waals surface area contributed by atoms with Gasteiger partial charge in [-0.2, -0.15) is 5.10 Å². The predicted molar refractivity (Wildman–Crippen MR) is 123 cm³/mol. The summed E-state index contributed by atoms with van der Waals surface area (Å²) in [4.78, 5) is 0. The highest BCUT2D eigenvalue weighted by Gasteiger charge is 2.17. The van der Waals surface area contributed by atoms with E-state index < -0.39 is 0 Å². The topological polar surface area (TPSA) is 29.9 Å². The fraction of sp³-hybridized carbons (Fsp3) is 0.318. The second-order valence-electron chi connectivity index (χ2n) is 6.88. The molecule has 1 N–H and O–H groups in total. The molecule has 0 aliphatic carbocycles. The van der Waals surface area contributed by atoms with Gasteiger partial charge in [-0.15, -0.1) is 0 Å². The maximum absolute atomic E-state index is 6.36. The van der Waals surface area contributed by atoms with Crippen molar-refractivity contribution in [3.05, 3.63) is 68.2 Å². The number of hydrogen-bond acceptors (Lipinski definition) is 2. The second-order valence-corrected chi connectivity index (χ2v) is 8.64. The molecular formula is C22H24BrCl2N3. The van der Waals surface area contributed by atoms with Crippen LogP contribution in [0.25, 0.3) is 16.9 Å². The molecule has 0 saturated carbocycles. The lowest BCUT2D eigenvalue weighted by atomic mass is 10.1. The highest BCUT2D eigenvalue weighted by atomic mass is 79.9. The van der Waals surface area contributed by atoms with Gasteiger partial charge in [0.2, 0.25) is 0 Å². The molecule has 3 nitrogen and oxygen atoms in total. The Bertz CT molecular complexity index is 920. The van der Waals surface area contributed by atoms with Gasteiger partial charge in [0.25, 0.3) is 0 Å². The zero-order chi connectivity index (χ0) is 20.1. The van der Waals surface area contributed by atoms with E-state index in [9.17, 15) is 0 Å². The summed E-state index contributed by atoms with van der Waals surface area (Å²) in [5.41, 5.74) is 5.05. The number of halogens is 3. The van der Waals surface area contributed by atoms with Gasteiger partial charge in [0, 0.05) is 15.1 Å². The monoisotopic (exact) mass is 479 g/mol. The third-order valence-corrected chi connectivity index (χ3v) is 5.89. The van der Waals surface area contributed by atoms with Crippen molar-refractivity contribution in [2.75, 3.05) is 13.1 Å². The fourth-order valence-corrected chi connectivity index (χ4v) is 3.93. The lowest BCUT2D eigenvalue weighted by Crippen LogP contribution is -2.21. The van der Waals surface area contributed by atoms with Gasteiger partial charge in [0.1, 0.15) is 0 Å². The molecule has 2 aromatic carbocycles. The van der Waals surface area contributed by atoms with Gasteiger partial charge in [-0.05, 0) is 75.7 Å². The van der Waals surface area contributed by atoms with Crippen LogP contribution in [0.4, 0.5) is 0 Å². The molecule has 148 valence electrons. The number of aromatic nitrogens is 2. The molecule has 28 heavy (non-hydrogen) atoms. The Morgan fingerprint density at radius 1 is 0.964 bits per heavy atom. The van der Waals surface area contributed by atoms with E-state index in [2.05, 4.69) is 45.4 Å². The molecule has 1 saturated heterocycles. The minimum Gasteiger partial charge on any atom is -0.317 e. The summed E-state index contributed by atoms with van der Waals surface area (Å²) in [5.74, 6) is 0. The van der Waals surface area contributed by atoms with E-state index in [-0.39, 0.29) is 0 Å². The number of nitrogens with zero attached hydrogens (tertiary/aromatic N) is 2. The molecule has 0 radical (unpaired) electrons. The van der Waals surface area contributed by atoms with E-state index in [0.717, 1.165) is 32.7 Å². The summed E-state index contributed by atoms with van der Waals surface area (Å²) < 4.78 is 2.92. The first-order valence-corrected chi connectivity index (χ1v) is 11.0. The van der Waals surface area contributed by atoms with Gasteiger partial charge < -0.3 is 5.32 Å². The second kappa shape index (κ2) is 9.93. The average Bonchev–Trinajstić information content (AvgIpc) is 2.99. The summed E-state index contributed by atoms with van der Waals surface area (Å²) in [5, 5.41) is 9.12. The quantitative estimate of drug-likeness (QED) is 0.428. The van der Waals surface area contributed by atoms with Crippen LogP contribution in [0.2, 0.25) is 10.0 Å². The molecule has 0 unspecified atom stereocenters. The number of benzene rings is 2. The van der Waals surface area contributed by atoms with Gasteiger partial charge in [0.05, 0.1) is 22.1 Å². The van der Waals surface area contributed by atoms with E-state index in [1.807, 2.05) is 35.9 Å². The van der Waals surface area contributed by atoms with E-state index >= 15 is 0 Å². The zero-order valence-corrected chi connectivity index (χ0v) is 19.2. The van der Waals surface area contributed by atoms with Crippen LogP contribution in [-0.2, 0) is 0 Å². The normalized spacial score (nSPS) is 13.8. The van der Waals surface area contributed by atoms with E-state index in [1.54, 1.807) is 6.07 Å². The SMILES string of the molecule is C1CCNCC1.Cc1nn(-c2ccc(Cl)cc2Cl)c(-c2ccc(Br)cc2)c1C. The molecule has 0 bridgehead atoms. The Hall–Kier alpha value is -1.33. The molecule has 0 amide bonds. The maximum atomic E-state index is 6.36. The van der Waals surface area contributed by atoms with E-state index in [0.29, 0.717) is 10.0 Å². The smallest absolute Gasteiger partial charge is 0.0840 e. The molecule has 1 fully saturated rings. The number of nitrogens with one attached hydrogen (secondary N) is 1. The highest BCUT2D eigenvalue weighted by Crippen LogP contribution is 2.32.